The molecule has 4 aromatic rings. The minimum Gasteiger partial charge on any atom is -0.506 e. The van der Waals surface area contributed by atoms with Gasteiger partial charge in [0.2, 0.25) is 0 Å². The van der Waals surface area contributed by atoms with E-state index in [-0.39, 0.29) is 11.5 Å². The zero-order chi connectivity index (χ0) is 32.7. The van der Waals surface area contributed by atoms with Crippen molar-refractivity contribution in [1.29, 1.82) is 0 Å². The van der Waals surface area contributed by atoms with Gasteiger partial charge in [-0.2, -0.15) is 10.2 Å². The van der Waals surface area contributed by atoms with Gasteiger partial charge in [0, 0.05) is 75.2 Å². The summed E-state index contributed by atoms with van der Waals surface area (Å²) in [5.41, 5.74) is 6.14. The van der Waals surface area contributed by atoms with Gasteiger partial charge < -0.3 is 30.6 Å². The highest BCUT2D eigenvalue weighted by Crippen LogP contribution is 2.33. The molecule has 0 aliphatic carbocycles. The van der Waals surface area contributed by atoms with E-state index in [2.05, 4.69) is 54.7 Å². The average Bonchev–Trinajstić information content (AvgIpc) is 3.07. The Morgan fingerprint density at radius 2 is 0.935 bits per heavy atom. The number of phenols is 2. The number of hydrogen-bond donors (Lipinski definition) is 4. The van der Waals surface area contributed by atoms with Crippen molar-refractivity contribution >= 4 is 45.5 Å². The number of hydrogen-bond acceptors (Lipinski definition) is 10. The topological polar surface area (TPSA) is 120 Å². The van der Waals surface area contributed by atoms with Gasteiger partial charge in [-0.15, -0.1) is 10.2 Å². The van der Waals surface area contributed by atoms with Gasteiger partial charge in [0.15, 0.2) is 0 Å². The lowest BCUT2D eigenvalue weighted by molar-refractivity contribution is 0.476. The second-order valence-corrected chi connectivity index (χ2v) is 11.2. The fraction of sp³-hybridized carbons (Fsp3) is 0.333. The summed E-state index contributed by atoms with van der Waals surface area (Å²) in [5.74, 6) is 0.225. The van der Waals surface area contributed by atoms with Crippen molar-refractivity contribution in [3.63, 3.8) is 0 Å². The number of anilines is 4. The summed E-state index contributed by atoms with van der Waals surface area (Å²) < 4.78 is 0. The van der Waals surface area contributed by atoms with Crippen molar-refractivity contribution in [1.82, 2.24) is 0 Å². The van der Waals surface area contributed by atoms with E-state index >= 15 is 0 Å². The number of unbranched alkanes of at least 4 members (excludes halogenated alkanes) is 2. The molecule has 0 saturated carbocycles. The molecule has 0 fully saturated rings. The Labute approximate surface area is 272 Å². The molecule has 242 valence electrons. The smallest absolute Gasteiger partial charge is 0.145 e. The summed E-state index contributed by atoms with van der Waals surface area (Å²) in [6, 6.07) is 26.3. The Morgan fingerprint density at radius 1 is 0.543 bits per heavy atom. The number of benzene rings is 4. The second kappa shape index (κ2) is 17.4. The highest BCUT2D eigenvalue weighted by atomic mass is 16.3. The van der Waals surface area contributed by atoms with E-state index in [4.69, 9.17) is 0 Å². The first kappa shape index (κ1) is 33.8. The molecule has 4 N–H and O–H groups in total. The Bertz CT molecular complexity index is 1450. The van der Waals surface area contributed by atoms with Crippen LogP contribution in [0.4, 0.5) is 45.5 Å². The third-order valence-corrected chi connectivity index (χ3v) is 7.56. The van der Waals surface area contributed by atoms with Crippen LogP contribution in [-0.2, 0) is 0 Å². The minimum atomic E-state index is 0.113. The first-order valence-corrected chi connectivity index (χ1v) is 16.0. The van der Waals surface area contributed by atoms with Crippen LogP contribution in [0.5, 0.6) is 11.5 Å². The fourth-order valence-corrected chi connectivity index (χ4v) is 4.65. The summed E-state index contributed by atoms with van der Waals surface area (Å²) >= 11 is 0. The molecule has 0 amide bonds. The number of nitrogens with one attached hydrogen (secondary N) is 2. The van der Waals surface area contributed by atoms with Crippen LogP contribution in [0.1, 0.15) is 39.5 Å². The lowest BCUT2D eigenvalue weighted by Crippen LogP contribution is -2.17. The molecule has 0 bridgehead atoms. The Hall–Kier alpha value is -5.12. The molecule has 4 aromatic carbocycles. The number of phenolic OH excluding ortho intramolecular Hbond substituents is 2. The lowest BCUT2D eigenvalue weighted by atomic mass is 10.2. The van der Waals surface area contributed by atoms with Crippen LogP contribution in [0.2, 0.25) is 0 Å². The molecular weight excluding hydrogens is 576 g/mol. The summed E-state index contributed by atoms with van der Waals surface area (Å²) in [7, 11) is 4.04. The number of aromatic hydroxyl groups is 2. The van der Waals surface area contributed by atoms with Crippen molar-refractivity contribution in [2.75, 3.05) is 60.7 Å². The molecule has 0 aromatic heterocycles. The summed E-state index contributed by atoms with van der Waals surface area (Å²) in [6.45, 7) is 7.65. The van der Waals surface area contributed by atoms with Crippen molar-refractivity contribution in [2.24, 2.45) is 20.5 Å². The van der Waals surface area contributed by atoms with E-state index in [1.54, 1.807) is 24.3 Å². The van der Waals surface area contributed by atoms with Crippen LogP contribution < -0.4 is 20.4 Å². The van der Waals surface area contributed by atoms with Gasteiger partial charge in [-0.25, -0.2) is 0 Å². The maximum atomic E-state index is 10.4. The van der Waals surface area contributed by atoms with Crippen LogP contribution in [0, 0.1) is 0 Å². The van der Waals surface area contributed by atoms with Crippen molar-refractivity contribution in [2.45, 2.75) is 39.5 Å². The molecular formula is C36H46N8O2. The van der Waals surface area contributed by atoms with E-state index in [9.17, 15) is 10.2 Å². The quantitative estimate of drug-likeness (QED) is 0.0687. The summed E-state index contributed by atoms with van der Waals surface area (Å²) in [4.78, 5) is 4.25. The molecule has 10 nitrogen and oxygen atoms in total. The zero-order valence-electron chi connectivity index (χ0n) is 27.3. The Kier molecular flexibility index (Phi) is 12.8. The Morgan fingerprint density at radius 3 is 1.28 bits per heavy atom. The molecule has 0 aliphatic rings. The lowest BCUT2D eigenvalue weighted by Gasteiger charge is -2.19. The maximum Gasteiger partial charge on any atom is 0.145 e. The van der Waals surface area contributed by atoms with E-state index in [1.807, 2.05) is 74.8 Å². The monoisotopic (exact) mass is 622 g/mol. The van der Waals surface area contributed by atoms with E-state index in [0.29, 0.717) is 22.7 Å². The first-order chi connectivity index (χ1) is 22.4. The molecule has 46 heavy (non-hydrogen) atoms. The zero-order valence-corrected chi connectivity index (χ0v) is 27.3. The van der Waals surface area contributed by atoms with E-state index in [0.717, 1.165) is 74.6 Å². The predicted molar refractivity (Wildman–Crippen MR) is 191 cm³/mol. The molecule has 0 radical (unpaired) electrons. The third kappa shape index (κ3) is 10.2. The van der Waals surface area contributed by atoms with Crippen molar-refractivity contribution in [3.05, 3.63) is 84.9 Å². The maximum absolute atomic E-state index is 10.4. The molecule has 4 rings (SSSR count). The average molecular weight is 623 g/mol. The highest BCUT2D eigenvalue weighted by Gasteiger charge is 2.07. The van der Waals surface area contributed by atoms with Crippen LogP contribution in [0.15, 0.2) is 105 Å². The predicted octanol–water partition coefficient (Wildman–Crippen LogP) is 9.93. The molecule has 0 saturated heterocycles. The first-order valence-electron chi connectivity index (χ1n) is 16.0. The van der Waals surface area contributed by atoms with Crippen LogP contribution >= 0.6 is 0 Å². The van der Waals surface area contributed by atoms with Gasteiger partial charge in [0.25, 0.3) is 0 Å². The van der Waals surface area contributed by atoms with Gasteiger partial charge in [-0.05, 0) is 85.6 Å². The Balaban J connectivity index is 1.20. The molecule has 0 aliphatic heterocycles. The molecule has 0 atom stereocenters. The van der Waals surface area contributed by atoms with Gasteiger partial charge >= 0.3 is 0 Å². The standard InChI is InChI=1S/C36H46N8O2/c1-5-7-23-43(3)31-17-19-33(35(45)25-31)41-39-29-13-9-27(10-14-29)37-21-22-38-28-11-15-30(16-12-28)40-42-34-20-18-32(26-36(34)46)44(4)24-8-6-2/h9-20,25-26,37-38,45-46H,5-8,21-24H2,1-4H3. The van der Waals surface area contributed by atoms with Crippen molar-refractivity contribution < 1.29 is 10.2 Å². The molecule has 10 heteroatoms. The fourth-order valence-electron chi connectivity index (χ4n) is 4.65. The molecule has 0 unspecified atom stereocenters. The van der Waals surface area contributed by atoms with E-state index < -0.39 is 0 Å². The number of nitrogens with zero attached hydrogens (tertiary/aromatic N) is 6. The highest BCUT2D eigenvalue weighted by molar-refractivity contribution is 5.62. The second-order valence-electron chi connectivity index (χ2n) is 11.2. The number of rotatable bonds is 17. The molecule has 0 heterocycles. The SMILES string of the molecule is CCCCN(C)c1ccc(N=Nc2ccc(NCCNc3ccc(N=Nc4ccc(N(C)CCCC)cc4O)cc3)cc2)c(O)c1. The summed E-state index contributed by atoms with van der Waals surface area (Å²) in [5, 5.41) is 44.6. The van der Waals surface area contributed by atoms with Gasteiger partial charge in [0.1, 0.15) is 22.9 Å². The van der Waals surface area contributed by atoms with E-state index in [1.165, 1.54) is 0 Å². The third-order valence-electron chi connectivity index (χ3n) is 7.56. The largest absolute Gasteiger partial charge is 0.506 e. The van der Waals surface area contributed by atoms with Crippen molar-refractivity contribution in [3.8, 4) is 11.5 Å². The molecule has 0 spiro atoms. The van der Waals surface area contributed by atoms with Gasteiger partial charge in [-0.1, -0.05) is 26.7 Å². The summed E-state index contributed by atoms with van der Waals surface area (Å²) in [6.07, 6.45) is 4.45. The van der Waals surface area contributed by atoms with Crippen LogP contribution in [-0.4, -0.2) is 50.5 Å². The normalized spacial score (nSPS) is 11.3. The minimum absolute atomic E-state index is 0.113. The van der Waals surface area contributed by atoms with Crippen LogP contribution in [0.25, 0.3) is 0 Å². The van der Waals surface area contributed by atoms with Gasteiger partial charge in [-0.3, -0.25) is 0 Å². The van der Waals surface area contributed by atoms with Crippen LogP contribution in [0.3, 0.4) is 0 Å². The van der Waals surface area contributed by atoms with Gasteiger partial charge in [0.05, 0.1) is 11.4 Å². The number of azo groups is 2.